The maximum Gasteiger partial charge on any atom is 0.242 e. The van der Waals surface area contributed by atoms with Gasteiger partial charge in [0, 0.05) is 19.8 Å². The number of nitrogens with two attached hydrogens (primary N) is 1. The van der Waals surface area contributed by atoms with E-state index in [2.05, 4.69) is 17.2 Å². The van der Waals surface area contributed by atoms with Gasteiger partial charge in [0.05, 0.1) is 11.4 Å². The molecule has 0 saturated carbocycles. The van der Waals surface area contributed by atoms with Crippen LogP contribution in [0.3, 0.4) is 0 Å². The lowest BCUT2D eigenvalue weighted by Crippen LogP contribution is -2.23. The number of nitrogens with one attached hydrogen (secondary N) is 1. The fourth-order valence-corrected chi connectivity index (χ4v) is 3.06. The highest BCUT2D eigenvalue weighted by Gasteiger charge is 2.16. The highest BCUT2D eigenvalue weighted by molar-refractivity contribution is 7.89. The zero-order valence-electron chi connectivity index (χ0n) is 14.9. The number of nitrogens with zero attached hydrogens (tertiary/aromatic N) is 2. The highest BCUT2D eigenvalue weighted by atomic mass is 32.2. The maximum atomic E-state index is 12.0. The van der Waals surface area contributed by atoms with Crippen molar-refractivity contribution in [2.24, 2.45) is 10.7 Å². The number of rotatable bonds is 5. The normalized spacial score (nSPS) is 12.4. The molecule has 134 valence electrons. The Morgan fingerprint density at radius 1 is 1.08 bits per heavy atom. The van der Waals surface area contributed by atoms with Crippen LogP contribution in [0, 0.1) is 13.8 Å². The molecule has 7 heteroatoms. The van der Waals surface area contributed by atoms with Crippen LogP contribution in [0.1, 0.15) is 16.7 Å². The minimum absolute atomic E-state index is 0.256. The Labute approximate surface area is 149 Å². The Bertz CT molecular complexity index is 872. The molecule has 0 saturated heterocycles. The van der Waals surface area contributed by atoms with Gasteiger partial charge in [0.2, 0.25) is 10.0 Å². The Hall–Kier alpha value is -2.38. The van der Waals surface area contributed by atoms with Crippen LogP contribution in [0.25, 0.3) is 0 Å². The van der Waals surface area contributed by atoms with Crippen molar-refractivity contribution < 1.29 is 8.42 Å². The predicted molar refractivity (Wildman–Crippen MR) is 102 cm³/mol. The first kappa shape index (κ1) is 19.0. The lowest BCUT2D eigenvalue weighted by atomic mass is 10.1. The van der Waals surface area contributed by atoms with E-state index in [4.69, 9.17) is 5.73 Å². The van der Waals surface area contributed by atoms with E-state index in [0.717, 1.165) is 11.3 Å². The first-order valence-electron chi connectivity index (χ1n) is 7.86. The predicted octanol–water partition coefficient (Wildman–Crippen LogP) is 2.48. The van der Waals surface area contributed by atoms with Gasteiger partial charge in [-0.3, -0.25) is 0 Å². The summed E-state index contributed by atoms with van der Waals surface area (Å²) < 4.78 is 25.3. The maximum absolute atomic E-state index is 12.0. The lowest BCUT2D eigenvalue weighted by Gasteiger charge is -2.11. The summed E-state index contributed by atoms with van der Waals surface area (Å²) in [5.41, 5.74) is 10.1. The summed E-state index contributed by atoms with van der Waals surface area (Å²) >= 11 is 0. The third-order valence-electron chi connectivity index (χ3n) is 3.91. The summed E-state index contributed by atoms with van der Waals surface area (Å²) in [5, 5.41) is 3.06. The molecule has 0 atom stereocenters. The SMILES string of the molecule is Cc1ccc(NC(N)=NCc2ccc(S(=O)(=O)N(C)C)cc2)cc1C. The van der Waals surface area contributed by atoms with Gasteiger partial charge in [0.1, 0.15) is 0 Å². The molecule has 0 aliphatic rings. The van der Waals surface area contributed by atoms with Gasteiger partial charge in [-0.05, 0) is 54.8 Å². The summed E-state index contributed by atoms with van der Waals surface area (Å²) in [7, 11) is -0.400. The largest absolute Gasteiger partial charge is 0.370 e. The van der Waals surface area contributed by atoms with E-state index in [9.17, 15) is 8.42 Å². The molecule has 0 bridgehead atoms. The third kappa shape index (κ3) is 4.80. The molecule has 6 nitrogen and oxygen atoms in total. The van der Waals surface area contributed by atoms with Gasteiger partial charge in [-0.1, -0.05) is 18.2 Å². The molecule has 0 spiro atoms. The van der Waals surface area contributed by atoms with Crippen molar-refractivity contribution in [2.75, 3.05) is 19.4 Å². The van der Waals surface area contributed by atoms with E-state index in [1.165, 1.54) is 29.5 Å². The van der Waals surface area contributed by atoms with Crippen LogP contribution >= 0.6 is 0 Å². The van der Waals surface area contributed by atoms with Crippen molar-refractivity contribution in [1.82, 2.24) is 4.31 Å². The average Bonchev–Trinajstić information content (AvgIpc) is 2.56. The zero-order valence-corrected chi connectivity index (χ0v) is 15.8. The summed E-state index contributed by atoms with van der Waals surface area (Å²) in [6.45, 7) is 4.46. The lowest BCUT2D eigenvalue weighted by molar-refractivity contribution is 0.520. The quantitative estimate of drug-likeness (QED) is 0.633. The fourth-order valence-electron chi connectivity index (χ4n) is 2.16. The molecule has 2 rings (SSSR count). The molecule has 0 radical (unpaired) electrons. The Kier molecular flexibility index (Phi) is 5.81. The molecule has 25 heavy (non-hydrogen) atoms. The third-order valence-corrected chi connectivity index (χ3v) is 5.74. The van der Waals surface area contributed by atoms with Crippen molar-refractivity contribution in [1.29, 1.82) is 0 Å². The first-order valence-corrected chi connectivity index (χ1v) is 9.30. The van der Waals surface area contributed by atoms with E-state index in [0.29, 0.717) is 12.5 Å². The fraction of sp³-hybridized carbons (Fsp3) is 0.278. The number of anilines is 1. The number of hydrogen-bond acceptors (Lipinski definition) is 3. The van der Waals surface area contributed by atoms with Crippen LogP contribution < -0.4 is 11.1 Å². The van der Waals surface area contributed by atoms with Gasteiger partial charge in [-0.25, -0.2) is 17.7 Å². The molecule has 2 aromatic carbocycles. The Balaban J connectivity index is 2.04. The number of aliphatic imine (C=N–C) groups is 1. The molecule has 0 heterocycles. The molecular weight excluding hydrogens is 336 g/mol. The molecule has 0 aromatic heterocycles. The summed E-state index contributed by atoms with van der Waals surface area (Å²) in [6, 6.07) is 12.6. The number of hydrogen-bond donors (Lipinski definition) is 2. The Morgan fingerprint density at radius 3 is 2.28 bits per heavy atom. The number of benzene rings is 2. The molecular formula is C18H24N4O2S. The van der Waals surface area contributed by atoms with Gasteiger partial charge < -0.3 is 11.1 Å². The van der Waals surface area contributed by atoms with Crippen molar-refractivity contribution in [3.63, 3.8) is 0 Å². The van der Waals surface area contributed by atoms with Gasteiger partial charge in [0.15, 0.2) is 5.96 Å². The van der Waals surface area contributed by atoms with Gasteiger partial charge in [-0.15, -0.1) is 0 Å². The molecule has 0 amide bonds. The van der Waals surface area contributed by atoms with E-state index < -0.39 is 10.0 Å². The second kappa shape index (κ2) is 7.67. The summed E-state index contributed by atoms with van der Waals surface area (Å²) in [4.78, 5) is 4.55. The van der Waals surface area contributed by atoms with Gasteiger partial charge >= 0.3 is 0 Å². The van der Waals surface area contributed by atoms with Crippen molar-refractivity contribution >= 4 is 21.7 Å². The smallest absolute Gasteiger partial charge is 0.242 e. The van der Waals surface area contributed by atoms with Crippen LogP contribution in [0.15, 0.2) is 52.4 Å². The van der Waals surface area contributed by atoms with Gasteiger partial charge in [0.25, 0.3) is 0 Å². The standard InChI is InChI=1S/C18H24N4O2S/c1-13-5-8-16(11-14(13)2)21-18(19)20-12-15-6-9-17(10-7-15)25(23,24)22(3)4/h5-11H,12H2,1-4H3,(H3,19,20,21). The van der Waals surface area contributed by atoms with Gasteiger partial charge in [-0.2, -0.15) is 0 Å². The van der Waals surface area contributed by atoms with E-state index in [-0.39, 0.29) is 4.90 Å². The number of sulfonamides is 1. The molecule has 0 fully saturated rings. The number of aryl methyl sites for hydroxylation is 2. The zero-order chi connectivity index (χ0) is 18.6. The van der Waals surface area contributed by atoms with E-state index in [1.54, 1.807) is 24.3 Å². The minimum atomic E-state index is -3.41. The van der Waals surface area contributed by atoms with Crippen LogP contribution in [0.4, 0.5) is 5.69 Å². The van der Waals surface area contributed by atoms with Crippen LogP contribution in [-0.4, -0.2) is 32.8 Å². The Morgan fingerprint density at radius 2 is 1.72 bits per heavy atom. The molecule has 0 unspecified atom stereocenters. The van der Waals surface area contributed by atoms with Crippen LogP contribution in [0.5, 0.6) is 0 Å². The molecule has 0 aliphatic heterocycles. The highest BCUT2D eigenvalue weighted by Crippen LogP contribution is 2.15. The second-order valence-corrected chi connectivity index (χ2v) is 8.21. The molecule has 0 aliphatic carbocycles. The minimum Gasteiger partial charge on any atom is -0.370 e. The van der Waals surface area contributed by atoms with Crippen molar-refractivity contribution in [3.8, 4) is 0 Å². The molecule has 2 aromatic rings. The monoisotopic (exact) mass is 360 g/mol. The van der Waals surface area contributed by atoms with E-state index in [1.807, 2.05) is 25.1 Å². The number of guanidine groups is 1. The molecule has 3 N–H and O–H groups in total. The average molecular weight is 360 g/mol. The summed E-state index contributed by atoms with van der Waals surface area (Å²) in [5.74, 6) is 0.313. The van der Waals surface area contributed by atoms with Crippen molar-refractivity contribution in [3.05, 3.63) is 59.2 Å². The summed E-state index contributed by atoms with van der Waals surface area (Å²) in [6.07, 6.45) is 0. The topological polar surface area (TPSA) is 87.8 Å². The van der Waals surface area contributed by atoms with Crippen molar-refractivity contribution in [2.45, 2.75) is 25.3 Å². The van der Waals surface area contributed by atoms with Crippen LogP contribution in [-0.2, 0) is 16.6 Å². The van der Waals surface area contributed by atoms with E-state index >= 15 is 0 Å². The first-order chi connectivity index (χ1) is 11.7. The van der Waals surface area contributed by atoms with Crippen LogP contribution in [0.2, 0.25) is 0 Å². The second-order valence-electron chi connectivity index (χ2n) is 6.06.